The third-order valence-corrected chi connectivity index (χ3v) is 4.47. The van der Waals surface area contributed by atoms with Gasteiger partial charge in [0.2, 0.25) is 0 Å². The van der Waals surface area contributed by atoms with Gasteiger partial charge in [0.15, 0.2) is 0 Å². The highest BCUT2D eigenvalue weighted by Crippen LogP contribution is 2.29. The van der Waals surface area contributed by atoms with E-state index in [2.05, 4.69) is 0 Å². The molecular formula is C19H37NO4. The van der Waals surface area contributed by atoms with Crippen LogP contribution in [0.3, 0.4) is 0 Å². The maximum atomic E-state index is 12.0. The Morgan fingerprint density at radius 1 is 1.21 bits per heavy atom. The Bertz CT molecular complexity index is 372. The number of carbonyl (C=O) groups is 1. The minimum Gasteiger partial charge on any atom is -0.429 e. The first-order valence-electron chi connectivity index (χ1n) is 9.41. The van der Waals surface area contributed by atoms with Crippen molar-refractivity contribution in [1.29, 1.82) is 0 Å². The third kappa shape index (κ3) is 8.34. The molecule has 24 heavy (non-hydrogen) atoms. The predicted octanol–water partition coefficient (Wildman–Crippen LogP) is 4.01. The molecule has 1 saturated carbocycles. The lowest BCUT2D eigenvalue weighted by molar-refractivity contribution is -0.0729. The highest BCUT2D eigenvalue weighted by atomic mass is 16.7. The summed E-state index contributed by atoms with van der Waals surface area (Å²) in [5, 5.41) is 10.5. The van der Waals surface area contributed by atoms with E-state index >= 15 is 0 Å². The van der Waals surface area contributed by atoms with Gasteiger partial charge in [-0.1, -0.05) is 46.0 Å². The molecule has 0 aromatic rings. The monoisotopic (exact) mass is 343 g/mol. The van der Waals surface area contributed by atoms with Gasteiger partial charge in [-0.05, 0) is 45.4 Å². The molecule has 1 aliphatic rings. The van der Waals surface area contributed by atoms with Gasteiger partial charge in [-0.15, -0.1) is 0 Å². The smallest absolute Gasteiger partial charge is 0.429 e. The van der Waals surface area contributed by atoms with E-state index in [1.54, 1.807) is 20.8 Å². The lowest BCUT2D eigenvalue weighted by atomic mass is 9.83. The highest BCUT2D eigenvalue weighted by molar-refractivity contribution is 5.60. The van der Waals surface area contributed by atoms with E-state index in [4.69, 9.17) is 15.2 Å². The summed E-state index contributed by atoms with van der Waals surface area (Å²) in [6, 6.07) is -0.366. The van der Waals surface area contributed by atoms with Crippen LogP contribution in [0.15, 0.2) is 0 Å². The Kier molecular flexibility index (Phi) is 8.51. The van der Waals surface area contributed by atoms with E-state index in [9.17, 15) is 9.90 Å². The molecule has 0 saturated heterocycles. The molecule has 0 aliphatic heterocycles. The predicted molar refractivity (Wildman–Crippen MR) is 95.7 cm³/mol. The first kappa shape index (κ1) is 21.2. The van der Waals surface area contributed by atoms with Crippen molar-refractivity contribution in [3.8, 4) is 0 Å². The molecule has 0 aromatic carbocycles. The van der Waals surface area contributed by atoms with Gasteiger partial charge in [-0.3, -0.25) is 0 Å². The Morgan fingerprint density at radius 2 is 1.79 bits per heavy atom. The molecule has 1 aliphatic carbocycles. The zero-order chi connectivity index (χ0) is 18.3. The molecule has 0 amide bonds. The van der Waals surface area contributed by atoms with E-state index < -0.39 is 24.0 Å². The quantitative estimate of drug-likeness (QED) is 0.683. The van der Waals surface area contributed by atoms with Crippen LogP contribution in [0, 0.1) is 11.8 Å². The van der Waals surface area contributed by atoms with E-state index in [1.807, 2.05) is 13.8 Å². The molecular weight excluding hydrogens is 306 g/mol. The maximum absolute atomic E-state index is 12.0. The summed E-state index contributed by atoms with van der Waals surface area (Å²) < 4.78 is 10.7. The molecule has 0 radical (unpaired) electrons. The number of rotatable bonds is 7. The van der Waals surface area contributed by atoms with Gasteiger partial charge in [0.25, 0.3) is 0 Å². The van der Waals surface area contributed by atoms with Crippen molar-refractivity contribution in [3.05, 3.63) is 0 Å². The third-order valence-electron chi connectivity index (χ3n) is 4.47. The van der Waals surface area contributed by atoms with E-state index in [-0.39, 0.29) is 6.04 Å². The van der Waals surface area contributed by atoms with Crippen molar-refractivity contribution < 1.29 is 19.4 Å². The number of aliphatic hydroxyl groups excluding tert-OH is 1. The zero-order valence-corrected chi connectivity index (χ0v) is 16.1. The second-order valence-electron chi connectivity index (χ2n) is 8.65. The fraction of sp³-hybridized carbons (Fsp3) is 0.947. The van der Waals surface area contributed by atoms with Gasteiger partial charge in [0, 0.05) is 6.04 Å². The number of hydrogen-bond donors (Lipinski definition) is 2. The van der Waals surface area contributed by atoms with Gasteiger partial charge < -0.3 is 20.3 Å². The van der Waals surface area contributed by atoms with Gasteiger partial charge in [-0.2, -0.15) is 0 Å². The molecule has 5 heteroatoms. The van der Waals surface area contributed by atoms with Gasteiger partial charge in [0.1, 0.15) is 11.7 Å². The largest absolute Gasteiger partial charge is 0.509 e. The molecule has 0 bridgehead atoms. The molecule has 0 heterocycles. The molecule has 142 valence electrons. The number of nitrogens with two attached hydrogens (primary N) is 1. The van der Waals surface area contributed by atoms with Crippen LogP contribution in [-0.2, 0) is 9.47 Å². The van der Waals surface area contributed by atoms with E-state index in [0.717, 1.165) is 6.42 Å². The summed E-state index contributed by atoms with van der Waals surface area (Å²) in [5.74, 6) is 0.858. The van der Waals surface area contributed by atoms with Gasteiger partial charge in [0.05, 0.1) is 6.10 Å². The summed E-state index contributed by atoms with van der Waals surface area (Å²) in [7, 11) is 0. The minimum absolute atomic E-state index is 0.298. The average molecular weight is 344 g/mol. The molecule has 0 unspecified atom stereocenters. The molecule has 0 spiro atoms. The van der Waals surface area contributed by atoms with Crippen LogP contribution in [0.1, 0.15) is 79.6 Å². The summed E-state index contributed by atoms with van der Waals surface area (Å²) >= 11 is 0. The molecule has 1 fully saturated rings. The lowest BCUT2D eigenvalue weighted by Gasteiger charge is -2.33. The van der Waals surface area contributed by atoms with Crippen LogP contribution < -0.4 is 5.73 Å². The Balaban J connectivity index is 2.69. The van der Waals surface area contributed by atoms with Crippen LogP contribution in [0.4, 0.5) is 4.79 Å². The van der Waals surface area contributed by atoms with Crippen LogP contribution in [0.5, 0.6) is 0 Å². The number of ether oxygens (including phenoxy) is 2. The molecule has 0 aromatic heterocycles. The zero-order valence-electron chi connectivity index (χ0n) is 16.1. The maximum Gasteiger partial charge on any atom is 0.509 e. The van der Waals surface area contributed by atoms with Crippen LogP contribution in [-0.4, -0.2) is 35.1 Å². The van der Waals surface area contributed by atoms with Crippen LogP contribution in [0.2, 0.25) is 0 Å². The van der Waals surface area contributed by atoms with Crippen molar-refractivity contribution in [2.24, 2.45) is 17.6 Å². The second kappa shape index (κ2) is 9.62. The Morgan fingerprint density at radius 3 is 2.29 bits per heavy atom. The SMILES string of the molecule is CC(C)C[C@H](O)[C@H](OC(=O)OC(C)(C)C)[C@@H](N)CC1CCCCC1. The first-order chi connectivity index (χ1) is 11.1. The van der Waals surface area contributed by atoms with Gasteiger partial charge in [-0.25, -0.2) is 4.79 Å². The number of aliphatic hydroxyl groups is 1. The molecule has 1 rings (SSSR count). The minimum atomic E-state index is -0.767. The summed E-state index contributed by atoms with van der Waals surface area (Å²) in [4.78, 5) is 12.0. The Hall–Kier alpha value is -0.810. The average Bonchev–Trinajstić information content (AvgIpc) is 2.43. The molecule has 3 N–H and O–H groups in total. The number of hydrogen-bond acceptors (Lipinski definition) is 5. The fourth-order valence-electron chi connectivity index (χ4n) is 3.40. The molecule has 3 atom stereocenters. The normalized spacial score (nSPS) is 20.5. The summed E-state index contributed by atoms with van der Waals surface area (Å²) in [6.45, 7) is 9.42. The van der Waals surface area contributed by atoms with Crippen molar-refractivity contribution in [2.45, 2.75) is 103 Å². The summed E-state index contributed by atoms with van der Waals surface area (Å²) in [6.07, 6.45) is 5.20. The highest BCUT2D eigenvalue weighted by Gasteiger charge is 2.33. The van der Waals surface area contributed by atoms with E-state index in [1.165, 1.54) is 32.1 Å². The lowest BCUT2D eigenvalue weighted by Crippen LogP contribution is -2.48. The number of carbonyl (C=O) groups excluding carboxylic acids is 1. The topological polar surface area (TPSA) is 81.8 Å². The van der Waals surface area contributed by atoms with Crippen molar-refractivity contribution in [1.82, 2.24) is 0 Å². The summed E-state index contributed by atoms with van der Waals surface area (Å²) in [5.41, 5.74) is 5.72. The molecule has 5 nitrogen and oxygen atoms in total. The fourth-order valence-corrected chi connectivity index (χ4v) is 3.40. The van der Waals surface area contributed by atoms with Crippen LogP contribution >= 0.6 is 0 Å². The van der Waals surface area contributed by atoms with Crippen LogP contribution in [0.25, 0.3) is 0 Å². The Labute approximate surface area is 147 Å². The standard InChI is InChI=1S/C19H37NO4/c1-13(2)11-16(21)17(23-18(22)24-19(3,4)5)15(20)12-14-9-7-6-8-10-14/h13-17,21H,6-12,20H2,1-5H3/t15-,16-,17+/m0/s1. The van der Waals surface area contributed by atoms with E-state index in [0.29, 0.717) is 18.3 Å². The first-order valence-corrected chi connectivity index (χ1v) is 9.41. The van der Waals surface area contributed by atoms with Crippen molar-refractivity contribution in [2.75, 3.05) is 0 Å². The van der Waals surface area contributed by atoms with Crippen molar-refractivity contribution >= 4 is 6.16 Å². The van der Waals surface area contributed by atoms with Crippen molar-refractivity contribution in [3.63, 3.8) is 0 Å². The second-order valence-corrected chi connectivity index (χ2v) is 8.65. The van der Waals surface area contributed by atoms with Gasteiger partial charge >= 0.3 is 6.16 Å².